The molecule has 1 aliphatic rings. The minimum absolute atomic E-state index is 0.0691. The molecule has 1 fully saturated rings. The van der Waals surface area contributed by atoms with Crippen LogP contribution in [0.15, 0.2) is 24.3 Å². The van der Waals surface area contributed by atoms with Gasteiger partial charge >= 0.3 is 0 Å². The molecule has 1 heterocycles. The van der Waals surface area contributed by atoms with Crippen molar-refractivity contribution in [2.24, 2.45) is 11.8 Å². The standard InChI is InChI=1S/C22H32FN3O3/c1-5-25(6-2)22(29)19(24-20(27)17-9-7-8-10-18(17)23)16-11-13-26(14-12-16)21(28)15(3)4/h7-10,15-16,19H,5-6,11-14H2,1-4H3,(H,24,27). The van der Waals surface area contributed by atoms with Crippen LogP contribution in [0.1, 0.15) is 50.9 Å². The molecule has 1 atom stereocenters. The lowest BCUT2D eigenvalue weighted by Gasteiger charge is -2.38. The van der Waals surface area contributed by atoms with Gasteiger partial charge in [0.2, 0.25) is 11.8 Å². The van der Waals surface area contributed by atoms with E-state index in [9.17, 15) is 18.8 Å². The van der Waals surface area contributed by atoms with Crippen molar-refractivity contribution in [1.82, 2.24) is 15.1 Å². The lowest BCUT2D eigenvalue weighted by atomic mass is 9.87. The van der Waals surface area contributed by atoms with Crippen LogP contribution in [0, 0.1) is 17.7 Å². The highest BCUT2D eigenvalue weighted by Gasteiger charge is 2.36. The molecule has 0 aromatic heterocycles. The van der Waals surface area contributed by atoms with E-state index in [2.05, 4.69) is 5.32 Å². The molecular weight excluding hydrogens is 373 g/mol. The molecule has 2 rings (SSSR count). The predicted octanol–water partition coefficient (Wildman–Crippen LogP) is 2.69. The molecule has 0 radical (unpaired) electrons. The van der Waals surface area contributed by atoms with E-state index in [4.69, 9.17) is 0 Å². The third-order valence-corrected chi connectivity index (χ3v) is 5.56. The molecule has 1 saturated heterocycles. The molecule has 29 heavy (non-hydrogen) atoms. The largest absolute Gasteiger partial charge is 0.342 e. The minimum atomic E-state index is -0.738. The average molecular weight is 406 g/mol. The maximum Gasteiger partial charge on any atom is 0.254 e. The highest BCUT2D eigenvalue weighted by atomic mass is 19.1. The Labute approximate surface area is 172 Å². The van der Waals surface area contributed by atoms with E-state index < -0.39 is 17.8 Å². The Bertz CT molecular complexity index is 726. The Kier molecular flexibility index (Phi) is 8.17. The highest BCUT2D eigenvalue weighted by Crippen LogP contribution is 2.24. The maximum atomic E-state index is 14.0. The highest BCUT2D eigenvalue weighted by molar-refractivity contribution is 5.97. The molecule has 0 saturated carbocycles. The molecule has 0 spiro atoms. The van der Waals surface area contributed by atoms with Crippen LogP contribution in [0.5, 0.6) is 0 Å². The normalized spacial score (nSPS) is 15.9. The topological polar surface area (TPSA) is 69.7 Å². The molecule has 6 nitrogen and oxygen atoms in total. The molecule has 3 amide bonds. The van der Waals surface area contributed by atoms with Crippen LogP contribution in [0.25, 0.3) is 0 Å². The smallest absolute Gasteiger partial charge is 0.254 e. The predicted molar refractivity (Wildman–Crippen MR) is 110 cm³/mol. The van der Waals surface area contributed by atoms with Crippen molar-refractivity contribution in [1.29, 1.82) is 0 Å². The SMILES string of the molecule is CCN(CC)C(=O)C(NC(=O)c1ccccc1F)C1CCN(C(=O)C(C)C)CC1. The molecule has 0 aliphatic carbocycles. The number of carbonyl (C=O) groups is 3. The van der Waals surface area contributed by atoms with E-state index in [1.54, 1.807) is 11.0 Å². The van der Waals surface area contributed by atoms with Gasteiger partial charge in [-0.3, -0.25) is 14.4 Å². The van der Waals surface area contributed by atoms with Crippen molar-refractivity contribution in [3.05, 3.63) is 35.6 Å². The summed E-state index contributed by atoms with van der Waals surface area (Å²) in [7, 11) is 0. The first-order chi connectivity index (χ1) is 13.8. The zero-order chi connectivity index (χ0) is 21.6. The van der Waals surface area contributed by atoms with Crippen LogP contribution in [0.3, 0.4) is 0 Å². The number of nitrogens with zero attached hydrogens (tertiary/aromatic N) is 2. The third-order valence-electron chi connectivity index (χ3n) is 5.56. The summed E-state index contributed by atoms with van der Waals surface area (Å²) in [6.07, 6.45) is 1.24. The Balaban J connectivity index is 2.18. The van der Waals surface area contributed by atoms with Crippen molar-refractivity contribution in [3.8, 4) is 0 Å². The number of benzene rings is 1. The summed E-state index contributed by atoms with van der Waals surface area (Å²) in [6, 6.07) is 5.01. The van der Waals surface area contributed by atoms with Gasteiger partial charge in [-0.2, -0.15) is 0 Å². The van der Waals surface area contributed by atoms with Crippen molar-refractivity contribution in [2.75, 3.05) is 26.2 Å². The molecule has 1 aromatic rings. The third kappa shape index (κ3) is 5.55. The van der Waals surface area contributed by atoms with Gasteiger partial charge in [-0.05, 0) is 44.7 Å². The Morgan fingerprint density at radius 2 is 1.72 bits per heavy atom. The summed E-state index contributed by atoms with van der Waals surface area (Å²) in [5.41, 5.74) is -0.0720. The number of likely N-dealkylation sites (tertiary alicyclic amines) is 1. The Morgan fingerprint density at radius 3 is 2.24 bits per heavy atom. The first kappa shape index (κ1) is 22.8. The van der Waals surface area contributed by atoms with Crippen LogP contribution in [-0.4, -0.2) is 59.7 Å². The van der Waals surface area contributed by atoms with Crippen LogP contribution < -0.4 is 5.32 Å². The minimum Gasteiger partial charge on any atom is -0.342 e. The first-order valence-corrected chi connectivity index (χ1v) is 10.4. The lowest BCUT2D eigenvalue weighted by Crippen LogP contribution is -2.55. The van der Waals surface area contributed by atoms with Crippen LogP contribution in [-0.2, 0) is 9.59 Å². The number of rotatable bonds is 7. The molecule has 1 aromatic carbocycles. The number of hydrogen-bond acceptors (Lipinski definition) is 3. The van der Waals surface area contributed by atoms with E-state index in [1.165, 1.54) is 18.2 Å². The maximum absolute atomic E-state index is 14.0. The van der Waals surface area contributed by atoms with Crippen LogP contribution in [0.4, 0.5) is 4.39 Å². The second-order valence-electron chi connectivity index (χ2n) is 7.76. The zero-order valence-electron chi connectivity index (χ0n) is 17.8. The Morgan fingerprint density at radius 1 is 1.14 bits per heavy atom. The second kappa shape index (κ2) is 10.4. The average Bonchev–Trinajstić information content (AvgIpc) is 2.72. The summed E-state index contributed by atoms with van der Waals surface area (Å²) in [6.45, 7) is 9.70. The van der Waals surface area contributed by atoms with E-state index in [0.29, 0.717) is 39.0 Å². The molecule has 160 valence electrons. The molecule has 1 unspecified atom stereocenters. The van der Waals surface area contributed by atoms with Crippen molar-refractivity contribution in [2.45, 2.75) is 46.6 Å². The first-order valence-electron chi connectivity index (χ1n) is 10.4. The molecule has 1 N–H and O–H groups in total. The van der Waals surface area contributed by atoms with Gasteiger partial charge < -0.3 is 15.1 Å². The van der Waals surface area contributed by atoms with Crippen molar-refractivity contribution < 1.29 is 18.8 Å². The second-order valence-corrected chi connectivity index (χ2v) is 7.76. The number of amides is 3. The summed E-state index contributed by atoms with van der Waals surface area (Å²) in [4.78, 5) is 41.6. The molecule has 0 bridgehead atoms. The number of piperidine rings is 1. The zero-order valence-corrected chi connectivity index (χ0v) is 17.8. The van der Waals surface area contributed by atoms with Crippen LogP contribution in [0.2, 0.25) is 0 Å². The van der Waals surface area contributed by atoms with Gasteiger partial charge in [0.05, 0.1) is 5.56 Å². The summed E-state index contributed by atoms with van der Waals surface area (Å²) in [5.74, 6) is -1.43. The summed E-state index contributed by atoms with van der Waals surface area (Å²) < 4.78 is 14.0. The van der Waals surface area contributed by atoms with Gasteiger partial charge in [0.15, 0.2) is 0 Å². The van der Waals surface area contributed by atoms with Gasteiger partial charge in [0.25, 0.3) is 5.91 Å². The van der Waals surface area contributed by atoms with Crippen LogP contribution >= 0.6 is 0 Å². The molecule has 1 aliphatic heterocycles. The summed E-state index contributed by atoms with van der Waals surface area (Å²) >= 11 is 0. The van der Waals surface area contributed by atoms with Crippen molar-refractivity contribution >= 4 is 17.7 Å². The monoisotopic (exact) mass is 405 g/mol. The van der Waals surface area contributed by atoms with Gasteiger partial charge in [0, 0.05) is 32.1 Å². The van der Waals surface area contributed by atoms with Gasteiger partial charge in [-0.1, -0.05) is 26.0 Å². The number of nitrogens with one attached hydrogen (secondary N) is 1. The molecule has 7 heteroatoms. The van der Waals surface area contributed by atoms with E-state index >= 15 is 0 Å². The van der Waals surface area contributed by atoms with E-state index in [1.807, 2.05) is 32.6 Å². The fourth-order valence-corrected chi connectivity index (χ4v) is 3.80. The van der Waals surface area contributed by atoms with Gasteiger partial charge in [-0.25, -0.2) is 4.39 Å². The molecular formula is C22H32FN3O3. The number of hydrogen-bond donors (Lipinski definition) is 1. The van der Waals surface area contributed by atoms with Crippen molar-refractivity contribution in [3.63, 3.8) is 0 Å². The van der Waals surface area contributed by atoms with Gasteiger partial charge in [0.1, 0.15) is 11.9 Å². The number of likely N-dealkylation sites (N-methyl/N-ethyl adjacent to an activating group) is 1. The lowest BCUT2D eigenvalue weighted by molar-refractivity contribution is -0.137. The van der Waals surface area contributed by atoms with E-state index in [0.717, 1.165) is 0 Å². The van der Waals surface area contributed by atoms with E-state index in [-0.39, 0.29) is 29.2 Å². The number of halogens is 1. The fourth-order valence-electron chi connectivity index (χ4n) is 3.80. The Hall–Kier alpha value is -2.44. The fraction of sp³-hybridized carbons (Fsp3) is 0.591. The van der Waals surface area contributed by atoms with Gasteiger partial charge in [-0.15, -0.1) is 0 Å². The summed E-state index contributed by atoms with van der Waals surface area (Å²) in [5, 5.41) is 2.79. The number of carbonyl (C=O) groups excluding carboxylic acids is 3. The quantitative estimate of drug-likeness (QED) is 0.758.